The van der Waals surface area contributed by atoms with Gasteiger partial charge in [0.2, 0.25) is 0 Å². The first-order valence-electron chi connectivity index (χ1n) is 7.62. The number of aromatic nitrogens is 1. The molecule has 0 atom stereocenters. The van der Waals surface area contributed by atoms with Crippen molar-refractivity contribution in [2.45, 2.75) is 6.18 Å². The van der Waals surface area contributed by atoms with Gasteiger partial charge in [-0.25, -0.2) is 4.79 Å². The normalized spacial score (nSPS) is 11.3. The highest BCUT2D eigenvalue weighted by molar-refractivity contribution is 7.14. The molecule has 0 aliphatic rings. The molecular weight excluding hydrogens is 417 g/mol. The van der Waals surface area contributed by atoms with Crippen LogP contribution in [0.4, 0.5) is 18.9 Å². The zero-order valence-corrected chi connectivity index (χ0v) is 15.3. The molecule has 144 valence electrons. The van der Waals surface area contributed by atoms with E-state index in [2.05, 4.69) is 10.3 Å². The summed E-state index contributed by atoms with van der Waals surface area (Å²) < 4.78 is 37.7. The van der Waals surface area contributed by atoms with Crippen molar-refractivity contribution in [3.05, 3.63) is 69.8 Å². The maximum absolute atomic E-state index is 12.6. The molecule has 0 saturated carbocycles. The monoisotopic (exact) mass is 426 g/mol. The molecule has 0 saturated heterocycles. The molecule has 0 aliphatic heterocycles. The molecule has 0 aliphatic carbocycles. The predicted molar refractivity (Wildman–Crippen MR) is 98.9 cm³/mol. The van der Waals surface area contributed by atoms with Gasteiger partial charge in [-0.2, -0.15) is 13.2 Å². The van der Waals surface area contributed by atoms with Crippen LogP contribution in [0.3, 0.4) is 0 Å². The SMILES string of the molecule is O=C(Nc1csc(-c2ccc(Cl)cc2)c1C(=O)O)c1ccc(C(F)(F)F)nc1. The van der Waals surface area contributed by atoms with Gasteiger partial charge in [0, 0.05) is 16.6 Å². The molecule has 0 radical (unpaired) electrons. The van der Waals surface area contributed by atoms with Gasteiger partial charge >= 0.3 is 12.1 Å². The van der Waals surface area contributed by atoms with E-state index in [1.165, 1.54) is 5.38 Å². The van der Waals surface area contributed by atoms with Crippen molar-refractivity contribution in [3.8, 4) is 10.4 Å². The number of alkyl halides is 3. The van der Waals surface area contributed by atoms with E-state index < -0.39 is 23.7 Å². The summed E-state index contributed by atoms with van der Waals surface area (Å²) in [6.07, 6.45) is -3.84. The summed E-state index contributed by atoms with van der Waals surface area (Å²) >= 11 is 6.94. The Kier molecular flexibility index (Phi) is 5.39. The Morgan fingerprint density at radius 2 is 1.79 bits per heavy atom. The number of carbonyl (C=O) groups excluding carboxylic acids is 1. The standard InChI is InChI=1S/C18H10ClF3N2O3S/c19-11-4-1-9(2-5-11)15-14(17(26)27)12(8-28-15)24-16(25)10-3-6-13(23-7-10)18(20,21)22/h1-8H,(H,24,25)(H,26,27). The highest BCUT2D eigenvalue weighted by Gasteiger charge is 2.32. The number of pyridine rings is 1. The summed E-state index contributed by atoms with van der Waals surface area (Å²) in [7, 11) is 0. The highest BCUT2D eigenvalue weighted by Crippen LogP contribution is 2.36. The number of halogens is 4. The van der Waals surface area contributed by atoms with E-state index in [-0.39, 0.29) is 16.8 Å². The van der Waals surface area contributed by atoms with Crippen molar-refractivity contribution in [3.63, 3.8) is 0 Å². The Balaban J connectivity index is 1.89. The van der Waals surface area contributed by atoms with Crippen LogP contribution in [-0.2, 0) is 6.18 Å². The molecule has 0 bridgehead atoms. The van der Waals surface area contributed by atoms with Crippen LogP contribution in [-0.4, -0.2) is 22.0 Å². The molecule has 5 nitrogen and oxygen atoms in total. The van der Waals surface area contributed by atoms with E-state index in [1.54, 1.807) is 24.3 Å². The van der Waals surface area contributed by atoms with Crippen LogP contribution < -0.4 is 5.32 Å². The van der Waals surface area contributed by atoms with Gasteiger partial charge in [-0.05, 0) is 29.8 Å². The maximum atomic E-state index is 12.6. The third-order valence-electron chi connectivity index (χ3n) is 3.68. The quantitative estimate of drug-likeness (QED) is 0.582. The number of anilines is 1. The number of aromatic carboxylic acids is 1. The Hall–Kier alpha value is -2.91. The van der Waals surface area contributed by atoms with Gasteiger partial charge in [-0.1, -0.05) is 23.7 Å². The van der Waals surface area contributed by atoms with E-state index in [0.717, 1.165) is 23.6 Å². The van der Waals surface area contributed by atoms with Crippen LogP contribution in [0.5, 0.6) is 0 Å². The van der Waals surface area contributed by atoms with Crippen molar-refractivity contribution in [2.75, 3.05) is 5.32 Å². The number of hydrogen-bond donors (Lipinski definition) is 2. The largest absolute Gasteiger partial charge is 0.478 e. The molecule has 3 aromatic rings. The van der Waals surface area contributed by atoms with Gasteiger partial charge in [0.1, 0.15) is 11.3 Å². The fourth-order valence-electron chi connectivity index (χ4n) is 2.37. The topological polar surface area (TPSA) is 79.3 Å². The lowest BCUT2D eigenvalue weighted by Gasteiger charge is -2.08. The number of carbonyl (C=O) groups is 2. The van der Waals surface area contributed by atoms with Crippen LogP contribution in [0.2, 0.25) is 5.02 Å². The molecule has 2 N–H and O–H groups in total. The van der Waals surface area contributed by atoms with E-state index in [9.17, 15) is 27.9 Å². The third kappa shape index (κ3) is 4.15. The Bertz CT molecular complexity index is 1030. The minimum absolute atomic E-state index is 0.0346. The minimum Gasteiger partial charge on any atom is -0.478 e. The number of carboxylic acids is 1. The molecule has 3 rings (SSSR count). The summed E-state index contributed by atoms with van der Waals surface area (Å²) in [6.45, 7) is 0. The number of rotatable bonds is 4. The van der Waals surface area contributed by atoms with Crippen molar-refractivity contribution in [1.29, 1.82) is 0 Å². The molecule has 0 fully saturated rings. The Morgan fingerprint density at radius 1 is 1.11 bits per heavy atom. The zero-order valence-electron chi connectivity index (χ0n) is 13.7. The summed E-state index contributed by atoms with van der Waals surface area (Å²) in [6, 6.07) is 8.15. The number of benzene rings is 1. The second-order valence-electron chi connectivity index (χ2n) is 5.55. The number of carboxylic acid groups (broad SMARTS) is 1. The number of hydrogen-bond acceptors (Lipinski definition) is 4. The number of nitrogens with one attached hydrogen (secondary N) is 1. The highest BCUT2D eigenvalue weighted by atomic mass is 35.5. The van der Waals surface area contributed by atoms with E-state index >= 15 is 0 Å². The van der Waals surface area contributed by atoms with Gasteiger partial charge < -0.3 is 10.4 Å². The van der Waals surface area contributed by atoms with E-state index in [1.807, 2.05) is 0 Å². The van der Waals surface area contributed by atoms with Crippen LogP contribution >= 0.6 is 22.9 Å². The molecule has 0 unspecified atom stereocenters. The average molecular weight is 427 g/mol. The molecular formula is C18H10ClF3N2O3S. The van der Waals surface area contributed by atoms with Gasteiger partial charge in [-0.3, -0.25) is 9.78 Å². The molecule has 0 spiro atoms. The number of thiophene rings is 1. The Labute approximate surface area is 165 Å². The van der Waals surface area contributed by atoms with Crippen molar-refractivity contribution < 1.29 is 27.9 Å². The van der Waals surface area contributed by atoms with Crippen LogP contribution in [0.1, 0.15) is 26.4 Å². The zero-order chi connectivity index (χ0) is 20.5. The van der Waals surface area contributed by atoms with Crippen molar-refractivity contribution >= 4 is 40.5 Å². The molecule has 28 heavy (non-hydrogen) atoms. The molecule has 1 amide bonds. The van der Waals surface area contributed by atoms with Crippen molar-refractivity contribution in [2.24, 2.45) is 0 Å². The Morgan fingerprint density at radius 3 is 2.32 bits per heavy atom. The lowest BCUT2D eigenvalue weighted by atomic mass is 10.1. The molecule has 10 heteroatoms. The molecule has 2 aromatic heterocycles. The van der Waals surface area contributed by atoms with Gasteiger partial charge in [-0.15, -0.1) is 11.3 Å². The predicted octanol–water partition coefficient (Wildman–Crippen LogP) is 5.43. The first-order valence-corrected chi connectivity index (χ1v) is 8.88. The van der Waals surface area contributed by atoms with Crippen LogP contribution in [0.15, 0.2) is 48.0 Å². The lowest BCUT2D eigenvalue weighted by Crippen LogP contribution is -2.15. The fraction of sp³-hybridized carbons (Fsp3) is 0.0556. The molecule has 1 aromatic carbocycles. The second kappa shape index (κ2) is 7.61. The van der Waals surface area contributed by atoms with Gasteiger partial charge in [0.15, 0.2) is 0 Å². The third-order valence-corrected chi connectivity index (χ3v) is 4.96. The number of amides is 1. The first kappa shape index (κ1) is 19.8. The fourth-order valence-corrected chi connectivity index (χ4v) is 3.49. The summed E-state index contributed by atoms with van der Waals surface area (Å²) in [4.78, 5) is 27.6. The molecule has 2 heterocycles. The van der Waals surface area contributed by atoms with Crippen LogP contribution in [0.25, 0.3) is 10.4 Å². The second-order valence-corrected chi connectivity index (χ2v) is 6.87. The lowest BCUT2D eigenvalue weighted by molar-refractivity contribution is -0.141. The van der Waals surface area contributed by atoms with E-state index in [4.69, 9.17) is 11.6 Å². The summed E-state index contributed by atoms with van der Waals surface area (Å²) in [5, 5.41) is 13.9. The average Bonchev–Trinajstić information content (AvgIpc) is 3.05. The summed E-state index contributed by atoms with van der Waals surface area (Å²) in [5.74, 6) is -2.03. The van der Waals surface area contributed by atoms with Gasteiger partial charge in [0.05, 0.1) is 16.1 Å². The maximum Gasteiger partial charge on any atom is 0.433 e. The van der Waals surface area contributed by atoms with Gasteiger partial charge in [0.25, 0.3) is 5.91 Å². The van der Waals surface area contributed by atoms with E-state index in [0.29, 0.717) is 21.5 Å². The minimum atomic E-state index is -4.62. The van der Waals surface area contributed by atoms with Crippen molar-refractivity contribution in [1.82, 2.24) is 4.98 Å². The first-order chi connectivity index (χ1) is 13.2. The smallest absolute Gasteiger partial charge is 0.433 e. The van der Waals surface area contributed by atoms with Crippen LogP contribution in [0, 0.1) is 0 Å². The number of nitrogens with zero attached hydrogens (tertiary/aromatic N) is 1. The summed E-state index contributed by atoms with van der Waals surface area (Å²) in [5.41, 5.74) is -0.754.